The predicted molar refractivity (Wildman–Crippen MR) is 187 cm³/mol. The molecule has 0 aromatic carbocycles. The topological polar surface area (TPSA) is 333 Å². The molecule has 0 spiro atoms. The molecule has 15 N–H and O–H groups in total. The zero-order valence-electron chi connectivity index (χ0n) is 29.3. The van der Waals surface area contributed by atoms with E-state index in [1.165, 1.54) is 6.20 Å². The molecule has 1 aromatic rings. The second-order valence-corrected chi connectivity index (χ2v) is 12.2. The monoisotopic (exact) mass is 723 g/mol. The van der Waals surface area contributed by atoms with Gasteiger partial charge in [0.1, 0.15) is 30.0 Å². The second kappa shape index (κ2) is 26.2. The van der Waals surface area contributed by atoms with Gasteiger partial charge in [0.2, 0.25) is 35.4 Å². The molecule has 0 unspecified atom stereocenters. The van der Waals surface area contributed by atoms with E-state index in [1.807, 2.05) is 0 Å². The van der Waals surface area contributed by atoms with Crippen LogP contribution in [0.5, 0.6) is 0 Å². The smallest absolute Gasteiger partial charge is 0.303 e. The summed E-state index contributed by atoms with van der Waals surface area (Å²) in [5.41, 5.74) is 22.2. The van der Waals surface area contributed by atoms with Crippen molar-refractivity contribution in [2.45, 2.75) is 114 Å². The van der Waals surface area contributed by atoms with Crippen LogP contribution in [0.2, 0.25) is 0 Å². The van der Waals surface area contributed by atoms with Crippen LogP contribution in [0.4, 0.5) is 0 Å². The molecule has 0 aliphatic heterocycles. The molecule has 4 atom stereocenters. The van der Waals surface area contributed by atoms with Crippen molar-refractivity contribution in [3.63, 3.8) is 0 Å². The van der Waals surface area contributed by atoms with Crippen molar-refractivity contribution in [3.05, 3.63) is 18.2 Å². The van der Waals surface area contributed by atoms with Crippen LogP contribution in [-0.2, 0) is 40.0 Å². The van der Waals surface area contributed by atoms with Crippen molar-refractivity contribution in [3.8, 4) is 0 Å². The number of nitrogens with two attached hydrogens (primary N) is 4. The average molecular weight is 724 g/mol. The van der Waals surface area contributed by atoms with E-state index in [4.69, 9.17) is 28.0 Å². The number of imidazole rings is 1. The number of aromatic amines is 1. The Bertz CT molecular complexity index is 1230. The Morgan fingerprint density at radius 1 is 0.647 bits per heavy atom. The van der Waals surface area contributed by atoms with Gasteiger partial charge in [-0.05, 0) is 90.3 Å². The molecule has 19 nitrogen and oxygen atoms in total. The molecular formula is C32H57N11O8. The first-order valence-corrected chi connectivity index (χ1v) is 17.5. The van der Waals surface area contributed by atoms with Gasteiger partial charge < -0.3 is 59.6 Å². The highest BCUT2D eigenvalue weighted by atomic mass is 16.4. The highest BCUT2D eigenvalue weighted by Crippen LogP contribution is 2.08. The van der Waals surface area contributed by atoms with Gasteiger partial charge in [-0.25, -0.2) is 4.98 Å². The normalized spacial score (nSPS) is 13.2. The zero-order chi connectivity index (χ0) is 38.0. The summed E-state index contributed by atoms with van der Waals surface area (Å²) < 4.78 is 0. The summed E-state index contributed by atoms with van der Waals surface area (Å²) in [5, 5.41) is 21.8. The molecule has 1 rings (SSSR count). The van der Waals surface area contributed by atoms with Gasteiger partial charge in [-0.15, -0.1) is 0 Å². The number of aliphatic carboxylic acids is 1. The van der Waals surface area contributed by atoms with Gasteiger partial charge in [-0.3, -0.25) is 33.6 Å². The third kappa shape index (κ3) is 20.0. The van der Waals surface area contributed by atoms with Gasteiger partial charge in [0, 0.05) is 31.7 Å². The highest BCUT2D eigenvalue weighted by molar-refractivity contribution is 5.95. The minimum atomic E-state index is -1.18. The summed E-state index contributed by atoms with van der Waals surface area (Å²) in [5.74, 6) is -4.43. The van der Waals surface area contributed by atoms with Crippen molar-refractivity contribution in [1.29, 1.82) is 0 Å². The van der Waals surface area contributed by atoms with Gasteiger partial charge in [0.15, 0.2) is 0 Å². The van der Waals surface area contributed by atoms with Crippen LogP contribution in [0.25, 0.3) is 0 Å². The van der Waals surface area contributed by atoms with Crippen molar-refractivity contribution >= 4 is 41.4 Å². The molecule has 0 aliphatic carbocycles. The number of carboxylic acid groups (broad SMARTS) is 1. The molecule has 51 heavy (non-hydrogen) atoms. The lowest BCUT2D eigenvalue weighted by molar-refractivity contribution is -0.137. The first-order chi connectivity index (χ1) is 24.4. The molecule has 6 amide bonds. The Morgan fingerprint density at radius 3 is 1.69 bits per heavy atom. The lowest BCUT2D eigenvalue weighted by atomic mass is 10.0. The molecule has 0 aliphatic rings. The summed E-state index contributed by atoms with van der Waals surface area (Å²) in [6.07, 6.45) is 7.60. The summed E-state index contributed by atoms with van der Waals surface area (Å²) in [4.78, 5) is 95.1. The Balaban J connectivity index is 2.96. The van der Waals surface area contributed by atoms with Crippen LogP contribution in [0, 0.1) is 0 Å². The van der Waals surface area contributed by atoms with Crippen molar-refractivity contribution < 1.29 is 38.7 Å². The van der Waals surface area contributed by atoms with Crippen LogP contribution in [-0.4, -0.2) is 107 Å². The lowest BCUT2D eigenvalue weighted by Gasteiger charge is -2.24. The number of unbranched alkanes of at least 4 members (excludes halogenated alkanes) is 4. The van der Waals surface area contributed by atoms with Crippen LogP contribution in [0.15, 0.2) is 12.4 Å². The Morgan fingerprint density at radius 2 is 1.16 bits per heavy atom. The first kappa shape index (κ1) is 44.4. The number of hydrogen-bond donors (Lipinski definition) is 11. The van der Waals surface area contributed by atoms with E-state index in [2.05, 4.69) is 36.6 Å². The Hall–Kier alpha value is -4.62. The number of primary amides is 1. The third-order valence-corrected chi connectivity index (χ3v) is 7.86. The standard InChI is InChI=1S/C32H57N11O8/c33-14-6-3-9-21(29(36)48)42-32(51)24(19-25-37-17-18-38-25)41-27(45)20-39-30(49)22(10-4-7-15-34)43-31(50)23(11-5-8-16-35)40-26(44)12-1-2-13-28(46)47/h17-18,21-24H,1-16,19-20,33-35H2,(H2,36,48)(H,37,38)(H,39,49)(H,40,44)(H,41,45)(H,42,51)(H,43,50)(H,46,47)/t21-,22-,23-,24-/m0/s1. The van der Waals surface area contributed by atoms with E-state index in [0.717, 1.165) is 0 Å². The van der Waals surface area contributed by atoms with E-state index < -0.39 is 72.1 Å². The zero-order valence-corrected chi connectivity index (χ0v) is 29.3. The molecule has 0 fully saturated rings. The average Bonchev–Trinajstić information content (AvgIpc) is 3.60. The van der Waals surface area contributed by atoms with Crippen LogP contribution in [0.3, 0.4) is 0 Å². The van der Waals surface area contributed by atoms with Crippen LogP contribution >= 0.6 is 0 Å². The van der Waals surface area contributed by atoms with Crippen molar-refractivity contribution in [2.24, 2.45) is 22.9 Å². The van der Waals surface area contributed by atoms with Gasteiger partial charge >= 0.3 is 5.97 Å². The fraction of sp³-hybridized carbons (Fsp3) is 0.688. The number of carbonyl (C=O) groups is 7. The van der Waals surface area contributed by atoms with E-state index >= 15 is 0 Å². The van der Waals surface area contributed by atoms with Gasteiger partial charge in [-0.1, -0.05) is 0 Å². The predicted octanol–water partition coefficient (Wildman–Crippen LogP) is -2.48. The number of H-pyrrole nitrogens is 1. The number of rotatable bonds is 29. The van der Waals surface area contributed by atoms with Gasteiger partial charge in [0.25, 0.3) is 0 Å². The molecule has 0 saturated carbocycles. The number of carbonyl (C=O) groups excluding carboxylic acids is 6. The quantitative estimate of drug-likeness (QED) is 0.0383. The number of carboxylic acids is 1. The lowest BCUT2D eigenvalue weighted by Crippen LogP contribution is -2.56. The number of hydrogen-bond acceptors (Lipinski definition) is 11. The second-order valence-electron chi connectivity index (χ2n) is 12.2. The summed E-state index contributed by atoms with van der Waals surface area (Å²) >= 11 is 0. The third-order valence-electron chi connectivity index (χ3n) is 7.86. The molecule has 0 bridgehead atoms. The van der Waals surface area contributed by atoms with E-state index in [-0.39, 0.29) is 38.5 Å². The maximum atomic E-state index is 13.4. The molecule has 0 radical (unpaired) electrons. The Labute approximate surface area is 297 Å². The minimum absolute atomic E-state index is 0.0277. The molecule has 0 saturated heterocycles. The van der Waals surface area contributed by atoms with Gasteiger partial charge in [0.05, 0.1) is 6.54 Å². The SMILES string of the molecule is NCCCC[C@H](NC(=O)[C@H](Cc1ncc[nH]1)NC(=O)CNC(=O)[C@H](CCCCN)NC(=O)[C@H](CCCCN)NC(=O)CCCCC(=O)O)C(N)=O. The van der Waals surface area contributed by atoms with Crippen molar-refractivity contribution in [1.82, 2.24) is 36.6 Å². The fourth-order valence-electron chi connectivity index (χ4n) is 5.02. The molecule has 1 heterocycles. The fourth-order valence-corrected chi connectivity index (χ4v) is 5.02. The number of aromatic nitrogens is 2. The summed E-state index contributed by atoms with van der Waals surface area (Å²) in [6, 6.07) is -4.22. The molecule has 19 heteroatoms. The summed E-state index contributed by atoms with van der Waals surface area (Å²) in [7, 11) is 0. The van der Waals surface area contributed by atoms with Crippen molar-refractivity contribution in [2.75, 3.05) is 26.2 Å². The molecule has 288 valence electrons. The van der Waals surface area contributed by atoms with E-state index in [1.54, 1.807) is 6.20 Å². The molecular weight excluding hydrogens is 666 g/mol. The van der Waals surface area contributed by atoms with Gasteiger partial charge in [-0.2, -0.15) is 0 Å². The summed E-state index contributed by atoms with van der Waals surface area (Å²) in [6.45, 7) is 0.595. The van der Waals surface area contributed by atoms with Crippen LogP contribution < -0.4 is 49.5 Å². The van der Waals surface area contributed by atoms with E-state index in [0.29, 0.717) is 76.8 Å². The molecule has 1 aromatic heterocycles. The number of amides is 6. The maximum absolute atomic E-state index is 13.4. The Kier molecular flexibility index (Phi) is 22.8. The highest BCUT2D eigenvalue weighted by Gasteiger charge is 2.29. The van der Waals surface area contributed by atoms with Crippen LogP contribution in [0.1, 0.15) is 89.3 Å². The number of nitrogens with zero attached hydrogens (tertiary/aromatic N) is 1. The number of nitrogens with one attached hydrogen (secondary N) is 6. The first-order valence-electron chi connectivity index (χ1n) is 17.5. The van der Waals surface area contributed by atoms with E-state index in [9.17, 15) is 33.6 Å². The maximum Gasteiger partial charge on any atom is 0.303 e. The largest absolute Gasteiger partial charge is 0.481 e. The minimum Gasteiger partial charge on any atom is -0.481 e.